The summed E-state index contributed by atoms with van der Waals surface area (Å²) < 4.78 is 0. The zero-order chi connectivity index (χ0) is 7.14. The predicted octanol–water partition coefficient (Wildman–Crippen LogP) is 1.20. The van der Waals surface area contributed by atoms with Gasteiger partial charge in [0.05, 0.1) is 0 Å². The van der Waals surface area contributed by atoms with Crippen molar-refractivity contribution in [3.8, 4) is 11.5 Å². The van der Waals surface area contributed by atoms with Gasteiger partial charge in [0.15, 0.2) is 0 Å². The Morgan fingerprint density at radius 1 is 0.900 bits per heavy atom. The van der Waals surface area contributed by atoms with Crippen LogP contribution in [0.3, 0.4) is 0 Å². The number of phenols is 2. The Balaban J connectivity index is 2.66. The summed E-state index contributed by atoms with van der Waals surface area (Å²) in [5.41, 5.74) is 1.83. The van der Waals surface area contributed by atoms with E-state index in [2.05, 4.69) is 0 Å². The molecular weight excluding hydrogens is 128 g/mol. The highest BCUT2D eigenvalue weighted by Gasteiger charge is 2.20. The number of hydrogen-bond acceptors (Lipinski definition) is 2. The highest BCUT2D eigenvalue weighted by atomic mass is 16.3. The highest BCUT2D eigenvalue weighted by Crippen LogP contribution is 2.36. The molecule has 1 aromatic carbocycles. The van der Waals surface area contributed by atoms with Crippen molar-refractivity contribution in [1.82, 2.24) is 0 Å². The molecule has 1 aliphatic rings. The fourth-order valence-corrected chi connectivity index (χ4v) is 1.30. The molecule has 0 atom stereocenters. The van der Waals surface area contributed by atoms with Crippen molar-refractivity contribution in [3.05, 3.63) is 23.3 Å². The lowest BCUT2D eigenvalue weighted by molar-refractivity contribution is 0.437. The van der Waals surface area contributed by atoms with Crippen LogP contribution in [0.5, 0.6) is 11.5 Å². The lowest BCUT2D eigenvalue weighted by Crippen LogP contribution is -2.07. The van der Waals surface area contributed by atoms with Crippen LogP contribution in [-0.2, 0) is 12.8 Å². The molecule has 2 N–H and O–H groups in total. The monoisotopic (exact) mass is 136 g/mol. The number of phenolic OH excluding ortho intramolecular Hbond substituents is 2. The molecule has 0 aliphatic heterocycles. The van der Waals surface area contributed by atoms with Crippen molar-refractivity contribution >= 4 is 0 Å². The smallest absolute Gasteiger partial charge is 0.119 e. The van der Waals surface area contributed by atoms with E-state index in [-0.39, 0.29) is 0 Å². The molecule has 2 nitrogen and oxygen atoms in total. The minimum Gasteiger partial charge on any atom is -0.508 e. The molecule has 2 heteroatoms. The van der Waals surface area contributed by atoms with Crippen LogP contribution in [0.2, 0.25) is 0 Å². The summed E-state index contributed by atoms with van der Waals surface area (Å²) in [5, 5.41) is 18.3. The minimum atomic E-state index is 0.319. The Hall–Kier alpha value is -1.18. The first kappa shape index (κ1) is 5.59. The molecule has 0 amide bonds. The third kappa shape index (κ3) is 0.533. The predicted molar refractivity (Wildman–Crippen MR) is 37.2 cm³/mol. The number of rotatable bonds is 0. The summed E-state index contributed by atoms with van der Waals surface area (Å²) in [6.07, 6.45) is 1.80. The van der Waals surface area contributed by atoms with Crippen molar-refractivity contribution in [2.24, 2.45) is 0 Å². The molecule has 2 rings (SSSR count). The zero-order valence-electron chi connectivity index (χ0n) is 5.46. The lowest BCUT2D eigenvalue weighted by Gasteiger charge is -2.20. The van der Waals surface area contributed by atoms with E-state index in [0.717, 1.165) is 24.0 Å². The summed E-state index contributed by atoms with van der Waals surface area (Å²) in [4.78, 5) is 0. The standard InChI is InChI=1S/C8H8O2/c9-7-3-4-8(10)6-2-1-5(6)7/h3-4,9-10H,1-2H2. The van der Waals surface area contributed by atoms with E-state index in [1.54, 1.807) is 0 Å². The van der Waals surface area contributed by atoms with Gasteiger partial charge in [-0.05, 0) is 25.0 Å². The molecule has 0 saturated heterocycles. The SMILES string of the molecule is Oc1ccc(O)c2c1CC2. The van der Waals surface area contributed by atoms with Crippen molar-refractivity contribution in [1.29, 1.82) is 0 Å². The Morgan fingerprint density at radius 2 is 1.30 bits per heavy atom. The molecule has 1 aliphatic carbocycles. The second-order valence-corrected chi connectivity index (χ2v) is 2.56. The fraction of sp³-hybridized carbons (Fsp3) is 0.250. The molecular formula is C8H8O2. The van der Waals surface area contributed by atoms with Crippen LogP contribution in [0.4, 0.5) is 0 Å². The van der Waals surface area contributed by atoms with Gasteiger partial charge >= 0.3 is 0 Å². The minimum absolute atomic E-state index is 0.319. The number of hydrogen-bond donors (Lipinski definition) is 2. The molecule has 0 radical (unpaired) electrons. The molecule has 0 spiro atoms. The van der Waals surface area contributed by atoms with Crippen LogP contribution in [0, 0.1) is 0 Å². The highest BCUT2D eigenvalue weighted by molar-refractivity contribution is 5.52. The van der Waals surface area contributed by atoms with Gasteiger partial charge in [-0.15, -0.1) is 0 Å². The van der Waals surface area contributed by atoms with Gasteiger partial charge in [0, 0.05) is 11.1 Å². The maximum absolute atomic E-state index is 9.16. The van der Waals surface area contributed by atoms with E-state index in [9.17, 15) is 0 Å². The second-order valence-electron chi connectivity index (χ2n) is 2.56. The normalized spacial score (nSPS) is 14.0. The van der Waals surface area contributed by atoms with Crippen molar-refractivity contribution < 1.29 is 10.2 Å². The zero-order valence-corrected chi connectivity index (χ0v) is 5.46. The molecule has 0 saturated carbocycles. The van der Waals surface area contributed by atoms with E-state index in [4.69, 9.17) is 10.2 Å². The van der Waals surface area contributed by atoms with Crippen molar-refractivity contribution in [3.63, 3.8) is 0 Å². The summed E-state index contributed by atoms with van der Waals surface area (Å²) in [6, 6.07) is 3.07. The van der Waals surface area contributed by atoms with E-state index in [1.165, 1.54) is 12.1 Å². The summed E-state index contributed by atoms with van der Waals surface area (Å²) in [6.45, 7) is 0. The maximum Gasteiger partial charge on any atom is 0.119 e. The Labute approximate surface area is 58.7 Å². The molecule has 0 bridgehead atoms. The van der Waals surface area contributed by atoms with Crippen molar-refractivity contribution in [2.45, 2.75) is 12.8 Å². The average Bonchev–Trinajstić information content (AvgIpc) is 1.78. The molecule has 0 heterocycles. The van der Waals surface area contributed by atoms with Crippen LogP contribution >= 0.6 is 0 Å². The number of fused-ring (bicyclic) bond motifs is 1. The summed E-state index contributed by atoms with van der Waals surface area (Å²) >= 11 is 0. The van der Waals surface area contributed by atoms with Crippen LogP contribution in [0.25, 0.3) is 0 Å². The molecule has 0 aromatic heterocycles. The van der Waals surface area contributed by atoms with Gasteiger partial charge in [-0.25, -0.2) is 0 Å². The molecule has 52 valence electrons. The Morgan fingerprint density at radius 3 is 1.60 bits per heavy atom. The van der Waals surface area contributed by atoms with Crippen LogP contribution in [-0.4, -0.2) is 10.2 Å². The van der Waals surface area contributed by atoms with Gasteiger partial charge in [-0.3, -0.25) is 0 Å². The van der Waals surface area contributed by atoms with Crippen molar-refractivity contribution in [2.75, 3.05) is 0 Å². The van der Waals surface area contributed by atoms with E-state index >= 15 is 0 Å². The van der Waals surface area contributed by atoms with Gasteiger partial charge < -0.3 is 10.2 Å². The first-order chi connectivity index (χ1) is 4.79. The second kappa shape index (κ2) is 1.66. The van der Waals surface area contributed by atoms with Crippen LogP contribution in [0.1, 0.15) is 11.1 Å². The quantitative estimate of drug-likeness (QED) is 0.526. The summed E-state index contributed by atoms with van der Waals surface area (Å²) in [5.74, 6) is 0.637. The molecule has 10 heavy (non-hydrogen) atoms. The van der Waals surface area contributed by atoms with Gasteiger partial charge in [0.2, 0.25) is 0 Å². The van der Waals surface area contributed by atoms with E-state index in [0.29, 0.717) is 11.5 Å². The topological polar surface area (TPSA) is 40.5 Å². The van der Waals surface area contributed by atoms with Crippen LogP contribution < -0.4 is 0 Å². The van der Waals surface area contributed by atoms with Gasteiger partial charge in [-0.2, -0.15) is 0 Å². The first-order valence-electron chi connectivity index (χ1n) is 3.32. The van der Waals surface area contributed by atoms with Gasteiger partial charge in [0.25, 0.3) is 0 Å². The third-order valence-electron chi connectivity index (χ3n) is 2.01. The van der Waals surface area contributed by atoms with E-state index in [1.807, 2.05) is 0 Å². The molecule has 1 aromatic rings. The number of aromatic hydroxyl groups is 2. The molecule has 0 unspecified atom stereocenters. The van der Waals surface area contributed by atoms with Gasteiger partial charge in [0.1, 0.15) is 11.5 Å². The first-order valence-corrected chi connectivity index (χ1v) is 3.32. The number of benzene rings is 1. The fourth-order valence-electron chi connectivity index (χ4n) is 1.30. The lowest BCUT2D eigenvalue weighted by atomic mass is 9.87. The Kier molecular flexibility index (Phi) is 0.926. The summed E-state index contributed by atoms with van der Waals surface area (Å²) in [7, 11) is 0. The largest absolute Gasteiger partial charge is 0.508 e. The maximum atomic E-state index is 9.16. The molecule has 0 fully saturated rings. The average molecular weight is 136 g/mol. The van der Waals surface area contributed by atoms with E-state index < -0.39 is 0 Å². The third-order valence-corrected chi connectivity index (χ3v) is 2.01. The van der Waals surface area contributed by atoms with Crippen LogP contribution in [0.15, 0.2) is 12.1 Å². The van der Waals surface area contributed by atoms with Gasteiger partial charge in [-0.1, -0.05) is 0 Å². The Bertz CT molecular complexity index is 250.